The van der Waals surface area contributed by atoms with E-state index in [9.17, 15) is 24.2 Å². The van der Waals surface area contributed by atoms with Crippen LogP contribution in [-0.4, -0.2) is 62.9 Å². The Balaban J connectivity index is 1.56. The number of piperidine rings is 1. The van der Waals surface area contributed by atoms with Crippen LogP contribution in [0.3, 0.4) is 0 Å². The minimum absolute atomic E-state index is 0.103. The summed E-state index contributed by atoms with van der Waals surface area (Å²) in [4.78, 5) is 27.3. The van der Waals surface area contributed by atoms with Crippen molar-refractivity contribution in [2.75, 3.05) is 19.6 Å². The van der Waals surface area contributed by atoms with E-state index in [0.29, 0.717) is 50.1 Å². The van der Waals surface area contributed by atoms with Gasteiger partial charge in [-0.05, 0) is 57.2 Å². The third kappa shape index (κ3) is 3.94. The van der Waals surface area contributed by atoms with Gasteiger partial charge in [0.25, 0.3) is 5.56 Å². The van der Waals surface area contributed by atoms with Crippen molar-refractivity contribution in [2.45, 2.75) is 63.8 Å². The van der Waals surface area contributed by atoms with Crippen molar-refractivity contribution in [3.05, 3.63) is 46.0 Å². The Labute approximate surface area is 180 Å². The number of carbonyl (C=O) groups is 1. The second kappa shape index (κ2) is 7.91. The van der Waals surface area contributed by atoms with Crippen LogP contribution < -0.4 is 10.7 Å². The minimum atomic E-state index is -1.28. The average Bonchev–Trinajstić information content (AvgIpc) is 2.67. The van der Waals surface area contributed by atoms with E-state index in [1.54, 1.807) is 37.5 Å². The Morgan fingerprint density at radius 2 is 1.94 bits per heavy atom. The van der Waals surface area contributed by atoms with Crippen LogP contribution in [0.25, 0.3) is 10.9 Å². The van der Waals surface area contributed by atoms with Crippen molar-refractivity contribution in [1.29, 1.82) is 0 Å². The van der Waals surface area contributed by atoms with Gasteiger partial charge in [-0.1, -0.05) is 0 Å². The van der Waals surface area contributed by atoms with Crippen LogP contribution in [0.4, 0.5) is 9.18 Å². The Morgan fingerprint density at radius 3 is 2.58 bits per heavy atom. The fourth-order valence-corrected chi connectivity index (χ4v) is 5.29. The summed E-state index contributed by atoms with van der Waals surface area (Å²) in [6, 6.07) is 5.86. The van der Waals surface area contributed by atoms with Crippen molar-refractivity contribution in [3.63, 3.8) is 0 Å². The largest absolute Gasteiger partial charge is 0.530 e. The second-order valence-corrected chi connectivity index (χ2v) is 9.70. The van der Waals surface area contributed by atoms with E-state index in [1.807, 2.05) is 0 Å². The van der Waals surface area contributed by atoms with Crippen molar-refractivity contribution >= 4 is 17.0 Å². The van der Waals surface area contributed by atoms with Crippen LogP contribution in [0.1, 0.15) is 45.1 Å². The SMILES string of the molecule is CC(C)(C)N(C(=O)[O-])[C@H]1CCN(CC2CCn3c(=O)ccc4ccc(F)c2c43)C[C@H]1O. The first-order valence-corrected chi connectivity index (χ1v) is 10.8. The number of amides is 1. The second-order valence-electron chi connectivity index (χ2n) is 9.70. The Bertz CT molecular complexity index is 1060. The predicted octanol–water partition coefficient (Wildman–Crippen LogP) is 1.51. The number of aryl methyl sites for hydroxylation is 1. The number of pyridine rings is 1. The fraction of sp³-hybridized carbons (Fsp3) is 0.565. The summed E-state index contributed by atoms with van der Waals surface area (Å²) in [6.07, 6.45) is -1.03. The lowest BCUT2D eigenvalue weighted by Gasteiger charge is -2.49. The molecular weight excluding hydrogens is 401 g/mol. The highest BCUT2D eigenvalue weighted by Gasteiger charge is 2.38. The third-order valence-electron chi connectivity index (χ3n) is 6.61. The molecule has 1 N–H and O–H groups in total. The molecule has 2 aromatic rings. The van der Waals surface area contributed by atoms with Gasteiger partial charge in [-0.2, -0.15) is 0 Å². The highest BCUT2D eigenvalue weighted by Crippen LogP contribution is 2.35. The molecule has 3 atom stereocenters. The molecule has 8 heteroatoms. The summed E-state index contributed by atoms with van der Waals surface area (Å²) in [5, 5.41) is 23.3. The first-order valence-electron chi connectivity index (χ1n) is 10.8. The first kappa shape index (κ1) is 21.8. The van der Waals surface area contributed by atoms with Gasteiger partial charge in [0.15, 0.2) is 0 Å². The molecule has 0 bridgehead atoms. The maximum absolute atomic E-state index is 14.9. The number of hydrogen-bond donors (Lipinski definition) is 1. The van der Waals surface area contributed by atoms with Crippen molar-refractivity contribution < 1.29 is 19.4 Å². The number of aliphatic hydroxyl groups excluding tert-OH is 1. The van der Waals surface area contributed by atoms with Crippen LogP contribution >= 0.6 is 0 Å². The van der Waals surface area contributed by atoms with Crippen LogP contribution in [0.5, 0.6) is 0 Å². The monoisotopic (exact) mass is 430 g/mol. The van der Waals surface area contributed by atoms with Gasteiger partial charge in [-0.3, -0.25) is 9.69 Å². The van der Waals surface area contributed by atoms with E-state index in [-0.39, 0.29) is 17.3 Å². The summed E-state index contributed by atoms with van der Waals surface area (Å²) in [6.45, 7) is 7.33. The van der Waals surface area contributed by atoms with Crippen LogP contribution in [-0.2, 0) is 6.54 Å². The van der Waals surface area contributed by atoms with E-state index in [2.05, 4.69) is 4.90 Å². The molecule has 0 radical (unpaired) electrons. The zero-order chi connectivity index (χ0) is 22.5. The number of aliphatic hydroxyl groups is 1. The van der Waals surface area contributed by atoms with Gasteiger partial charge in [0.1, 0.15) is 11.9 Å². The lowest BCUT2D eigenvalue weighted by Crippen LogP contribution is -2.63. The lowest BCUT2D eigenvalue weighted by atomic mass is 9.88. The number of β-amino-alcohol motifs (C(OH)–C–C–N with tert-alkyl or cyclic N) is 1. The summed E-state index contributed by atoms with van der Waals surface area (Å²) >= 11 is 0. The molecule has 1 aromatic carbocycles. The molecule has 3 heterocycles. The van der Waals surface area contributed by atoms with E-state index >= 15 is 0 Å². The molecule has 0 saturated carbocycles. The summed E-state index contributed by atoms with van der Waals surface area (Å²) < 4.78 is 16.5. The maximum atomic E-state index is 14.9. The summed E-state index contributed by atoms with van der Waals surface area (Å²) in [5.41, 5.74) is 0.420. The predicted molar refractivity (Wildman–Crippen MR) is 113 cm³/mol. The molecule has 2 aliphatic rings. The molecule has 0 aliphatic carbocycles. The van der Waals surface area contributed by atoms with Gasteiger partial charge in [0.2, 0.25) is 0 Å². The van der Waals surface area contributed by atoms with E-state index in [4.69, 9.17) is 0 Å². The zero-order valence-electron chi connectivity index (χ0n) is 18.2. The van der Waals surface area contributed by atoms with Crippen molar-refractivity contribution in [1.82, 2.24) is 14.4 Å². The Morgan fingerprint density at radius 1 is 1.23 bits per heavy atom. The smallest absolute Gasteiger partial charge is 0.251 e. The van der Waals surface area contributed by atoms with Gasteiger partial charge in [-0.25, -0.2) is 4.39 Å². The molecule has 2 aliphatic heterocycles. The quantitative estimate of drug-likeness (QED) is 0.797. The lowest BCUT2D eigenvalue weighted by molar-refractivity contribution is -0.276. The fourth-order valence-electron chi connectivity index (χ4n) is 5.29. The van der Waals surface area contributed by atoms with Crippen molar-refractivity contribution in [2.24, 2.45) is 0 Å². The number of hydrogen-bond acceptors (Lipinski definition) is 5. The van der Waals surface area contributed by atoms with Gasteiger partial charge >= 0.3 is 0 Å². The molecule has 1 saturated heterocycles. The number of likely N-dealkylation sites (tertiary alicyclic amines) is 1. The topological polar surface area (TPSA) is 88.8 Å². The van der Waals surface area contributed by atoms with Crippen molar-refractivity contribution in [3.8, 4) is 0 Å². The van der Waals surface area contributed by atoms with Gasteiger partial charge in [0, 0.05) is 49.3 Å². The molecule has 31 heavy (non-hydrogen) atoms. The van der Waals surface area contributed by atoms with Crippen LogP contribution in [0.15, 0.2) is 29.1 Å². The number of carbonyl (C=O) groups excluding carboxylic acids is 1. The maximum Gasteiger partial charge on any atom is 0.251 e. The number of rotatable bonds is 3. The standard InChI is InChI=1S/C23H30FN3O4/c1-23(2,3)27(22(30)31)17-9-10-25(13-18(17)28)12-15-8-11-26-19(29)7-5-14-4-6-16(24)20(15)21(14)26/h4-7,15,17-18,28H,8-13H2,1-3H3,(H,30,31)/p-1/t15?,17-,18+/m0/s1. The van der Waals surface area contributed by atoms with Crippen LogP contribution in [0, 0.1) is 5.82 Å². The highest BCUT2D eigenvalue weighted by atomic mass is 19.1. The normalized spacial score (nSPS) is 24.4. The molecule has 1 unspecified atom stereocenters. The molecule has 4 rings (SSSR count). The van der Waals surface area contributed by atoms with Gasteiger partial charge in [-0.15, -0.1) is 0 Å². The summed E-state index contributed by atoms with van der Waals surface area (Å²) in [7, 11) is 0. The van der Waals surface area contributed by atoms with Gasteiger partial charge in [0.05, 0.1) is 17.7 Å². The Kier molecular flexibility index (Phi) is 5.55. The molecule has 1 aromatic heterocycles. The van der Waals surface area contributed by atoms with E-state index in [0.717, 1.165) is 5.39 Å². The third-order valence-corrected chi connectivity index (χ3v) is 6.61. The average molecular weight is 431 g/mol. The summed E-state index contributed by atoms with van der Waals surface area (Å²) in [5.74, 6) is -0.419. The Hall–Kier alpha value is -2.45. The van der Waals surface area contributed by atoms with E-state index < -0.39 is 23.8 Å². The zero-order valence-corrected chi connectivity index (χ0v) is 18.2. The molecular formula is C23H29FN3O4-. The molecule has 1 fully saturated rings. The molecule has 168 valence electrons. The van der Waals surface area contributed by atoms with Crippen LogP contribution in [0.2, 0.25) is 0 Å². The molecule has 1 amide bonds. The minimum Gasteiger partial charge on any atom is -0.530 e. The number of nitrogens with zero attached hydrogens (tertiary/aromatic N) is 3. The first-order chi connectivity index (χ1) is 14.6. The highest BCUT2D eigenvalue weighted by molar-refractivity contribution is 5.83. The number of aromatic nitrogens is 1. The molecule has 0 spiro atoms. The van der Waals surface area contributed by atoms with E-state index in [1.165, 1.54) is 17.0 Å². The van der Waals surface area contributed by atoms with Gasteiger partial charge < -0.3 is 24.5 Å². The molecule has 7 nitrogen and oxygen atoms in total. The number of halogens is 1. The number of benzene rings is 1. The number of carboxylic acid groups (broad SMARTS) is 1.